The van der Waals surface area contributed by atoms with Crippen LogP contribution in [0.3, 0.4) is 0 Å². The molecule has 1 rings (SSSR count). The van der Waals surface area contributed by atoms with E-state index in [1.165, 1.54) is 0 Å². The van der Waals surface area contributed by atoms with E-state index in [4.69, 9.17) is 4.74 Å². The topological polar surface area (TPSA) is 41.6 Å². The van der Waals surface area contributed by atoms with Crippen LogP contribution in [-0.4, -0.2) is 67.1 Å². The predicted molar refractivity (Wildman–Crippen MR) is 59.0 cm³/mol. The highest BCUT2D eigenvalue weighted by molar-refractivity contribution is 7.85. The van der Waals surface area contributed by atoms with Crippen LogP contribution < -0.4 is 5.32 Å². The average molecular weight is 220 g/mol. The number of methoxy groups -OCH3 is 1. The quantitative estimate of drug-likeness (QED) is 0.664. The third-order valence-electron chi connectivity index (χ3n) is 2.53. The Hall–Kier alpha value is 0.0300. The van der Waals surface area contributed by atoms with E-state index in [9.17, 15) is 4.21 Å². The summed E-state index contributed by atoms with van der Waals surface area (Å²) < 4.78 is 16.4. The molecule has 1 fully saturated rings. The van der Waals surface area contributed by atoms with Gasteiger partial charge < -0.3 is 10.1 Å². The molecule has 1 aliphatic rings. The fourth-order valence-electron chi connectivity index (χ4n) is 1.74. The van der Waals surface area contributed by atoms with Gasteiger partial charge in [-0.15, -0.1) is 0 Å². The summed E-state index contributed by atoms with van der Waals surface area (Å²) in [5.41, 5.74) is 0. The lowest BCUT2D eigenvalue weighted by Crippen LogP contribution is -2.50. The Morgan fingerprint density at radius 3 is 2.64 bits per heavy atom. The van der Waals surface area contributed by atoms with Crippen molar-refractivity contribution in [2.75, 3.05) is 51.9 Å². The molecule has 14 heavy (non-hydrogen) atoms. The summed E-state index contributed by atoms with van der Waals surface area (Å²) in [7, 11) is 3.09. The fraction of sp³-hybridized carbons (Fsp3) is 1.00. The smallest absolute Gasteiger partial charge is 0.0630 e. The van der Waals surface area contributed by atoms with Crippen LogP contribution in [0.4, 0.5) is 0 Å². The molecule has 1 N–H and O–H groups in total. The van der Waals surface area contributed by atoms with Crippen LogP contribution in [0.15, 0.2) is 0 Å². The number of nitrogens with one attached hydrogen (secondary N) is 1. The number of hydrogen-bond donors (Lipinski definition) is 1. The fourth-order valence-corrected chi connectivity index (χ4v) is 2.82. The zero-order chi connectivity index (χ0) is 10.4. The summed E-state index contributed by atoms with van der Waals surface area (Å²) in [5, 5.41) is 3.16. The highest BCUT2D eigenvalue weighted by atomic mass is 32.2. The van der Waals surface area contributed by atoms with E-state index in [1.807, 2.05) is 7.05 Å². The van der Waals surface area contributed by atoms with E-state index in [0.29, 0.717) is 6.04 Å². The third kappa shape index (κ3) is 3.65. The van der Waals surface area contributed by atoms with Crippen molar-refractivity contribution in [2.24, 2.45) is 0 Å². The average Bonchev–Trinajstić information content (AvgIpc) is 2.19. The first-order valence-corrected chi connectivity index (χ1v) is 6.49. The zero-order valence-electron chi connectivity index (χ0n) is 8.99. The van der Waals surface area contributed by atoms with Crippen molar-refractivity contribution in [3.63, 3.8) is 0 Å². The molecule has 0 aromatic carbocycles. The molecule has 1 heterocycles. The maximum atomic E-state index is 11.2. The van der Waals surface area contributed by atoms with Gasteiger partial charge in [-0.25, -0.2) is 0 Å². The normalized spacial score (nSPS) is 22.4. The van der Waals surface area contributed by atoms with Gasteiger partial charge in [0.2, 0.25) is 0 Å². The van der Waals surface area contributed by atoms with Gasteiger partial charge in [0.1, 0.15) is 0 Å². The summed E-state index contributed by atoms with van der Waals surface area (Å²) in [6, 6.07) is 0.419. The van der Waals surface area contributed by atoms with Gasteiger partial charge in [0.05, 0.1) is 6.61 Å². The van der Waals surface area contributed by atoms with Gasteiger partial charge in [0.25, 0.3) is 0 Å². The van der Waals surface area contributed by atoms with Crippen molar-refractivity contribution in [1.82, 2.24) is 10.2 Å². The molecule has 1 unspecified atom stereocenters. The van der Waals surface area contributed by atoms with E-state index in [1.54, 1.807) is 7.11 Å². The molecular weight excluding hydrogens is 200 g/mol. The molecule has 0 radical (unpaired) electrons. The molecule has 0 spiro atoms. The van der Waals surface area contributed by atoms with E-state index >= 15 is 0 Å². The minimum atomic E-state index is -0.588. The maximum absolute atomic E-state index is 11.2. The van der Waals surface area contributed by atoms with Crippen molar-refractivity contribution < 1.29 is 8.95 Å². The summed E-state index contributed by atoms with van der Waals surface area (Å²) in [6.07, 6.45) is 0. The minimum absolute atomic E-state index is 0.419. The number of hydrogen-bond acceptors (Lipinski definition) is 4. The predicted octanol–water partition coefficient (Wildman–Crippen LogP) is -0.715. The van der Waals surface area contributed by atoms with Crippen LogP contribution in [0.25, 0.3) is 0 Å². The van der Waals surface area contributed by atoms with E-state index in [0.717, 1.165) is 37.7 Å². The van der Waals surface area contributed by atoms with E-state index < -0.39 is 10.8 Å². The molecular formula is C9H20N2O2S. The van der Waals surface area contributed by atoms with Gasteiger partial charge in [0.15, 0.2) is 0 Å². The molecule has 0 saturated carbocycles. The molecule has 1 aliphatic heterocycles. The lowest BCUT2D eigenvalue weighted by molar-refractivity contribution is 0.0962. The Kier molecular flexibility index (Phi) is 5.62. The van der Waals surface area contributed by atoms with Gasteiger partial charge in [-0.2, -0.15) is 0 Å². The number of rotatable bonds is 5. The molecule has 0 aliphatic carbocycles. The first-order chi connectivity index (χ1) is 6.77. The Bertz CT molecular complexity index is 174. The molecule has 84 valence electrons. The number of likely N-dealkylation sites (N-methyl/N-ethyl adjacent to an activating group) is 1. The largest absolute Gasteiger partial charge is 0.383 e. The van der Waals surface area contributed by atoms with Crippen molar-refractivity contribution in [3.05, 3.63) is 0 Å². The Balaban J connectivity index is 2.38. The first-order valence-electron chi connectivity index (χ1n) is 5.00. The van der Waals surface area contributed by atoms with Gasteiger partial charge >= 0.3 is 0 Å². The van der Waals surface area contributed by atoms with Crippen LogP contribution in [0.1, 0.15) is 0 Å². The SMILES string of the molecule is CNCC(COC)N1CCS(=O)CC1. The molecule has 0 bridgehead atoms. The van der Waals surface area contributed by atoms with Gasteiger partial charge in [-0.3, -0.25) is 9.11 Å². The first kappa shape index (κ1) is 12.1. The van der Waals surface area contributed by atoms with Crippen molar-refractivity contribution in [1.29, 1.82) is 0 Å². The summed E-state index contributed by atoms with van der Waals surface area (Å²) in [6.45, 7) is 3.54. The highest BCUT2D eigenvalue weighted by Gasteiger charge is 2.22. The van der Waals surface area contributed by atoms with Gasteiger partial charge in [0, 0.05) is 55.1 Å². The number of ether oxygens (including phenoxy) is 1. The summed E-state index contributed by atoms with van der Waals surface area (Å²) in [5.74, 6) is 1.62. The second-order valence-corrected chi connectivity index (χ2v) is 5.25. The van der Waals surface area contributed by atoms with Crippen LogP contribution >= 0.6 is 0 Å². The molecule has 0 amide bonds. The monoisotopic (exact) mass is 220 g/mol. The van der Waals surface area contributed by atoms with Crippen molar-refractivity contribution in [2.45, 2.75) is 6.04 Å². The number of nitrogens with zero attached hydrogens (tertiary/aromatic N) is 1. The van der Waals surface area contributed by atoms with Crippen molar-refractivity contribution in [3.8, 4) is 0 Å². The maximum Gasteiger partial charge on any atom is 0.0630 e. The summed E-state index contributed by atoms with van der Waals surface area (Å²) >= 11 is 0. The molecule has 0 aromatic rings. The zero-order valence-corrected chi connectivity index (χ0v) is 9.81. The van der Waals surface area contributed by atoms with Gasteiger partial charge in [-0.1, -0.05) is 0 Å². The summed E-state index contributed by atoms with van der Waals surface area (Å²) in [4.78, 5) is 2.36. The molecule has 0 aromatic heterocycles. The lowest BCUT2D eigenvalue weighted by atomic mass is 10.2. The van der Waals surface area contributed by atoms with Crippen LogP contribution in [0.5, 0.6) is 0 Å². The van der Waals surface area contributed by atoms with E-state index in [-0.39, 0.29) is 0 Å². The Labute approximate surface area is 88.5 Å². The second kappa shape index (κ2) is 6.50. The van der Waals surface area contributed by atoms with Crippen LogP contribution in [0, 0.1) is 0 Å². The standard InChI is InChI=1S/C9H20N2O2S/c1-10-7-9(8-13-2)11-3-5-14(12)6-4-11/h9-10H,3-8H2,1-2H3. The van der Waals surface area contributed by atoms with E-state index in [2.05, 4.69) is 10.2 Å². The molecule has 1 saturated heterocycles. The molecule has 5 heteroatoms. The second-order valence-electron chi connectivity index (χ2n) is 3.55. The Morgan fingerprint density at radius 2 is 2.14 bits per heavy atom. The molecule has 4 nitrogen and oxygen atoms in total. The van der Waals surface area contributed by atoms with Gasteiger partial charge in [-0.05, 0) is 7.05 Å². The Morgan fingerprint density at radius 1 is 1.50 bits per heavy atom. The van der Waals surface area contributed by atoms with Crippen LogP contribution in [-0.2, 0) is 15.5 Å². The minimum Gasteiger partial charge on any atom is -0.383 e. The lowest BCUT2D eigenvalue weighted by Gasteiger charge is -2.33. The van der Waals surface area contributed by atoms with Crippen molar-refractivity contribution >= 4 is 10.8 Å². The molecule has 1 atom stereocenters. The van der Waals surface area contributed by atoms with Crippen LogP contribution in [0.2, 0.25) is 0 Å². The third-order valence-corrected chi connectivity index (χ3v) is 3.80. The highest BCUT2D eigenvalue weighted by Crippen LogP contribution is 2.05.